The predicted octanol–water partition coefficient (Wildman–Crippen LogP) is 2.92. The summed E-state index contributed by atoms with van der Waals surface area (Å²) < 4.78 is 0. The molecule has 0 aliphatic rings. The third kappa shape index (κ3) is 6.34. The topological polar surface area (TPSA) is 46.5 Å². The second kappa shape index (κ2) is 7.80. The van der Waals surface area contributed by atoms with E-state index >= 15 is 0 Å². The van der Waals surface area contributed by atoms with Crippen LogP contribution in [0.2, 0.25) is 0 Å². The summed E-state index contributed by atoms with van der Waals surface area (Å²) in [5.74, 6) is -0.657. The Kier molecular flexibility index (Phi) is 7.30. The molecule has 0 spiro atoms. The Morgan fingerprint density at radius 2 is 2.08 bits per heavy atom. The Hall–Kier alpha value is -0.830. The maximum Gasteiger partial charge on any atom is 0.368 e. The van der Waals surface area contributed by atoms with Crippen LogP contribution < -0.4 is 0 Å². The minimum Gasteiger partial charge on any atom is -0.296 e. The normalized spacial score (nSPS) is 11.5. The van der Waals surface area contributed by atoms with Crippen molar-refractivity contribution >= 4 is 5.97 Å². The van der Waals surface area contributed by atoms with Gasteiger partial charge in [0, 0.05) is 5.57 Å². The highest BCUT2D eigenvalue weighted by molar-refractivity contribution is 5.87. The molecule has 0 amide bonds. The summed E-state index contributed by atoms with van der Waals surface area (Å²) in [7, 11) is 0. The van der Waals surface area contributed by atoms with Gasteiger partial charge < -0.3 is 0 Å². The lowest BCUT2D eigenvalue weighted by molar-refractivity contribution is -0.229. The third-order valence-electron chi connectivity index (χ3n) is 1.91. The van der Waals surface area contributed by atoms with Crippen LogP contribution in [0, 0.1) is 0 Å². The monoisotopic (exact) mass is 186 g/mol. The molecule has 0 unspecified atom stereocenters. The number of carbonyl (C=O) groups excluding carboxylic acids is 1. The van der Waals surface area contributed by atoms with Gasteiger partial charge in [-0.25, -0.2) is 4.79 Å². The molecule has 0 saturated heterocycles. The maximum absolute atomic E-state index is 10.7. The number of hydrogen-bond acceptors (Lipinski definition) is 3. The van der Waals surface area contributed by atoms with E-state index in [1.807, 2.05) is 0 Å². The zero-order valence-corrected chi connectivity index (χ0v) is 8.38. The van der Waals surface area contributed by atoms with Crippen molar-refractivity contribution < 1.29 is 14.9 Å². The van der Waals surface area contributed by atoms with Gasteiger partial charge in [0.05, 0.1) is 0 Å². The molecule has 0 heterocycles. The van der Waals surface area contributed by atoms with Gasteiger partial charge in [-0.3, -0.25) is 4.89 Å². The molecule has 3 nitrogen and oxygen atoms in total. The summed E-state index contributed by atoms with van der Waals surface area (Å²) in [6.45, 7) is 3.79. The molecule has 0 aliphatic carbocycles. The lowest BCUT2D eigenvalue weighted by atomic mass is 10.1. The van der Waals surface area contributed by atoms with E-state index in [1.165, 1.54) is 19.3 Å². The summed E-state index contributed by atoms with van der Waals surface area (Å²) in [5.41, 5.74) is 0.471. The molecule has 0 aromatic heterocycles. The molecule has 0 saturated carbocycles. The Morgan fingerprint density at radius 1 is 1.38 bits per heavy atom. The highest BCUT2D eigenvalue weighted by atomic mass is 17.1. The van der Waals surface area contributed by atoms with Crippen molar-refractivity contribution in [2.45, 2.75) is 46.0 Å². The first-order chi connectivity index (χ1) is 6.22. The molecule has 0 atom stereocenters. The van der Waals surface area contributed by atoms with Crippen molar-refractivity contribution in [2.75, 3.05) is 0 Å². The maximum atomic E-state index is 10.7. The Morgan fingerprint density at radius 3 is 2.62 bits per heavy atom. The molecule has 76 valence electrons. The smallest absolute Gasteiger partial charge is 0.296 e. The Labute approximate surface area is 79.3 Å². The third-order valence-corrected chi connectivity index (χ3v) is 1.91. The highest BCUT2D eigenvalue weighted by Gasteiger charge is 2.02. The molecule has 3 heteroatoms. The predicted molar refractivity (Wildman–Crippen MR) is 51.2 cm³/mol. The lowest BCUT2D eigenvalue weighted by Crippen LogP contribution is -2.01. The van der Waals surface area contributed by atoms with Gasteiger partial charge >= 0.3 is 5.97 Å². The molecule has 0 aromatic rings. The molecule has 13 heavy (non-hydrogen) atoms. The van der Waals surface area contributed by atoms with Crippen LogP contribution in [0.1, 0.15) is 46.0 Å². The van der Waals surface area contributed by atoms with E-state index in [2.05, 4.69) is 11.8 Å². The fourth-order valence-corrected chi connectivity index (χ4v) is 1.05. The van der Waals surface area contributed by atoms with E-state index in [1.54, 1.807) is 13.0 Å². The summed E-state index contributed by atoms with van der Waals surface area (Å²) >= 11 is 0. The van der Waals surface area contributed by atoms with Gasteiger partial charge in [0.25, 0.3) is 0 Å². The van der Waals surface area contributed by atoms with Crippen LogP contribution in [-0.2, 0) is 9.68 Å². The molecule has 0 rings (SSSR count). The average molecular weight is 186 g/mol. The van der Waals surface area contributed by atoms with E-state index in [0.717, 1.165) is 12.8 Å². The van der Waals surface area contributed by atoms with E-state index in [4.69, 9.17) is 5.26 Å². The molecule has 0 radical (unpaired) electrons. The molecule has 0 aliphatic heterocycles. The van der Waals surface area contributed by atoms with E-state index < -0.39 is 5.97 Å². The lowest BCUT2D eigenvalue weighted by Gasteiger charge is -1.97. The minimum absolute atomic E-state index is 0.471. The minimum atomic E-state index is -0.657. The number of carbonyl (C=O) groups is 1. The molecular weight excluding hydrogens is 168 g/mol. The van der Waals surface area contributed by atoms with Gasteiger partial charge in [-0.1, -0.05) is 32.3 Å². The summed E-state index contributed by atoms with van der Waals surface area (Å²) in [6.07, 6.45) is 7.40. The number of allylic oxidation sites excluding steroid dienone is 1. The van der Waals surface area contributed by atoms with Gasteiger partial charge in [-0.15, -0.1) is 0 Å². The Balaban J connectivity index is 3.53. The van der Waals surface area contributed by atoms with Crippen molar-refractivity contribution in [3.05, 3.63) is 11.6 Å². The first kappa shape index (κ1) is 12.2. The summed E-state index contributed by atoms with van der Waals surface area (Å²) in [4.78, 5) is 14.3. The number of unbranched alkanes of at least 4 members (excludes halogenated alkanes) is 4. The number of rotatable bonds is 6. The highest BCUT2D eigenvalue weighted by Crippen LogP contribution is 2.05. The fraction of sp³-hybridized carbons (Fsp3) is 0.700. The van der Waals surface area contributed by atoms with Crippen molar-refractivity contribution in [3.8, 4) is 0 Å². The van der Waals surface area contributed by atoms with E-state index in [-0.39, 0.29) is 0 Å². The summed E-state index contributed by atoms with van der Waals surface area (Å²) in [5, 5.41) is 8.06. The SMILES string of the molecule is CCCCCC/C=C(\C)C(=O)OO. The van der Waals surface area contributed by atoms with Crippen LogP contribution in [0.5, 0.6) is 0 Å². The van der Waals surface area contributed by atoms with Crippen LogP contribution in [0.3, 0.4) is 0 Å². The van der Waals surface area contributed by atoms with E-state index in [9.17, 15) is 4.79 Å². The second-order valence-corrected chi connectivity index (χ2v) is 3.12. The zero-order valence-electron chi connectivity index (χ0n) is 8.38. The van der Waals surface area contributed by atoms with Crippen LogP contribution in [0.4, 0.5) is 0 Å². The van der Waals surface area contributed by atoms with Crippen LogP contribution in [0.15, 0.2) is 11.6 Å². The molecule has 1 N–H and O–H groups in total. The van der Waals surface area contributed by atoms with Gasteiger partial charge in [0.2, 0.25) is 0 Å². The van der Waals surface area contributed by atoms with Gasteiger partial charge in [0.1, 0.15) is 0 Å². The molecule has 0 aromatic carbocycles. The molecular formula is C10H18O3. The van der Waals surface area contributed by atoms with Crippen LogP contribution >= 0.6 is 0 Å². The first-order valence-corrected chi connectivity index (χ1v) is 4.74. The van der Waals surface area contributed by atoms with Crippen molar-refractivity contribution in [1.29, 1.82) is 0 Å². The van der Waals surface area contributed by atoms with Gasteiger partial charge in [0.15, 0.2) is 0 Å². The molecule has 0 bridgehead atoms. The van der Waals surface area contributed by atoms with E-state index in [0.29, 0.717) is 5.57 Å². The van der Waals surface area contributed by atoms with Crippen molar-refractivity contribution in [1.82, 2.24) is 0 Å². The van der Waals surface area contributed by atoms with Gasteiger partial charge in [-0.05, 0) is 19.8 Å². The summed E-state index contributed by atoms with van der Waals surface area (Å²) in [6, 6.07) is 0. The fourth-order valence-electron chi connectivity index (χ4n) is 1.05. The zero-order chi connectivity index (χ0) is 10.1. The van der Waals surface area contributed by atoms with Crippen molar-refractivity contribution in [3.63, 3.8) is 0 Å². The van der Waals surface area contributed by atoms with Crippen LogP contribution in [-0.4, -0.2) is 11.2 Å². The van der Waals surface area contributed by atoms with Crippen molar-refractivity contribution in [2.24, 2.45) is 0 Å². The Bertz CT molecular complexity index is 173. The second-order valence-electron chi connectivity index (χ2n) is 3.12. The largest absolute Gasteiger partial charge is 0.368 e. The first-order valence-electron chi connectivity index (χ1n) is 4.74. The standard InChI is InChI=1S/C10H18O3/c1-3-4-5-6-7-8-9(2)10(11)13-12/h8,12H,3-7H2,1-2H3/b9-8+. The quantitative estimate of drug-likeness (QED) is 0.300. The average Bonchev–Trinajstić information content (AvgIpc) is 2.16. The molecule has 0 fully saturated rings. The van der Waals surface area contributed by atoms with Crippen LogP contribution in [0.25, 0.3) is 0 Å². The van der Waals surface area contributed by atoms with Gasteiger partial charge in [-0.2, -0.15) is 5.26 Å². The number of hydrogen-bond donors (Lipinski definition) is 1.